The van der Waals surface area contributed by atoms with Crippen molar-refractivity contribution in [1.29, 1.82) is 0 Å². The minimum absolute atomic E-state index is 0.0343. The van der Waals surface area contributed by atoms with E-state index >= 15 is 0 Å². The van der Waals surface area contributed by atoms with Crippen LogP contribution in [0.3, 0.4) is 0 Å². The Morgan fingerprint density at radius 3 is 2.78 bits per heavy atom. The lowest BCUT2D eigenvalue weighted by Crippen LogP contribution is -2.51. The zero-order chi connectivity index (χ0) is 16.8. The van der Waals surface area contributed by atoms with Gasteiger partial charge in [0.05, 0.1) is 13.0 Å². The van der Waals surface area contributed by atoms with Crippen LogP contribution in [0.15, 0.2) is 24.3 Å². The third-order valence-corrected chi connectivity index (χ3v) is 3.80. The molecule has 2 rings (SSSR count). The van der Waals surface area contributed by atoms with Crippen LogP contribution in [0.5, 0.6) is 0 Å². The molecule has 0 unspecified atom stereocenters. The number of halogens is 1. The molecule has 1 saturated heterocycles. The highest BCUT2D eigenvalue weighted by atomic mass is 19.1. The molecule has 0 saturated carbocycles. The van der Waals surface area contributed by atoms with Gasteiger partial charge in [0, 0.05) is 6.54 Å². The smallest absolute Gasteiger partial charge is 0.326 e. The lowest BCUT2D eigenvalue weighted by molar-refractivity contribution is -0.151. The first-order chi connectivity index (χ1) is 11.0. The summed E-state index contributed by atoms with van der Waals surface area (Å²) < 4.78 is 13.0. The standard InChI is InChI=1S/C16H19FN2O4/c17-12-5-3-4-11(8-12)9-14(20)18-10-15(21)19-7-2-1-6-13(19)16(22)23/h3-5,8,13H,1-2,6-7,9-10H2,(H,18,20)(H,22,23)/t13-/m1/s1. The summed E-state index contributed by atoms with van der Waals surface area (Å²) >= 11 is 0. The highest BCUT2D eigenvalue weighted by Gasteiger charge is 2.31. The van der Waals surface area contributed by atoms with E-state index in [0.717, 1.165) is 12.8 Å². The number of carbonyl (C=O) groups is 3. The minimum atomic E-state index is -1.02. The number of hydrogen-bond donors (Lipinski definition) is 2. The molecule has 1 heterocycles. The van der Waals surface area contributed by atoms with E-state index in [9.17, 15) is 18.8 Å². The summed E-state index contributed by atoms with van der Waals surface area (Å²) in [5, 5.41) is 11.6. The van der Waals surface area contributed by atoms with Gasteiger partial charge >= 0.3 is 5.97 Å². The molecular weight excluding hydrogens is 303 g/mol. The number of nitrogens with zero attached hydrogens (tertiary/aromatic N) is 1. The first-order valence-corrected chi connectivity index (χ1v) is 7.51. The predicted molar refractivity (Wildman–Crippen MR) is 80.1 cm³/mol. The number of carboxylic acid groups (broad SMARTS) is 1. The molecule has 0 spiro atoms. The van der Waals surface area contributed by atoms with Crippen molar-refractivity contribution in [3.63, 3.8) is 0 Å². The van der Waals surface area contributed by atoms with Crippen molar-refractivity contribution in [3.8, 4) is 0 Å². The summed E-state index contributed by atoms with van der Waals surface area (Å²) in [4.78, 5) is 36.4. The molecule has 1 fully saturated rings. The Hall–Kier alpha value is -2.44. The predicted octanol–water partition coefficient (Wildman–Crippen LogP) is 0.950. The fourth-order valence-corrected chi connectivity index (χ4v) is 2.66. The monoisotopic (exact) mass is 322 g/mol. The lowest BCUT2D eigenvalue weighted by atomic mass is 10.0. The van der Waals surface area contributed by atoms with Crippen molar-refractivity contribution in [2.75, 3.05) is 13.1 Å². The third-order valence-electron chi connectivity index (χ3n) is 3.80. The van der Waals surface area contributed by atoms with E-state index in [2.05, 4.69) is 5.32 Å². The second kappa shape index (κ2) is 7.71. The van der Waals surface area contributed by atoms with E-state index in [1.54, 1.807) is 6.07 Å². The lowest BCUT2D eigenvalue weighted by Gasteiger charge is -2.33. The molecule has 1 aliphatic rings. The van der Waals surface area contributed by atoms with E-state index in [0.29, 0.717) is 18.5 Å². The molecule has 0 aliphatic carbocycles. The topological polar surface area (TPSA) is 86.7 Å². The number of likely N-dealkylation sites (tertiary alicyclic amines) is 1. The van der Waals surface area contributed by atoms with Gasteiger partial charge < -0.3 is 15.3 Å². The van der Waals surface area contributed by atoms with Crippen molar-refractivity contribution in [1.82, 2.24) is 10.2 Å². The average Bonchev–Trinajstić information content (AvgIpc) is 2.52. The molecule has 1 atom stereocenters. The van der Waals surface area contributed by atoms with Crippen LogP contribution >= 0.6 is 0 Å². The van der Waals surface area contributed by atoms with Crippen LogP contribution in [-0.2, 0) is 20.8 Å². The summed E-state index contributed by atoms with van der Waals surface area (Å²) in [6.07, 6.45) is 1.92. The molecule has 6 nitrogen and oxygen atoms in total. The number of hydrogen-bond acceptors (Lipinski definition) is 3. The Balaban J connectivity index is 1.85. The Bertz CT molecular complexity index is 605. The van der Waals surface area contributed by atoms with E-state index in [-0.39, 0.29) is 13.0 Å². The molecular formula is C16H19FN2O4. The van der Waals surface area contributed by atoms with Gasteiger partial charge in [-0.15, -0.1) is 0 Å². The average molecular weight is 322 g/mol. The summed E-state index contributed by atoms with van der Waals surface area (Å²) in [5.74, 6) is -2.27. The van der Waals surface area contributed by atoms with Crippen molar-refractivity contribution < 1.29 is 23.9 Å². The van der Waals surface area contributed by atoms with E-state index in [4.69, 9.17) is 5.11 Å². The van der Waals surface area contributed by atoms with Crippen LogP contribution < -0.4 is 5.32 Å². The number of piperidine rings is 1. The first-order valence-electron chi connectivity index (χ1n) is 7.51. The maximum atomic E-state index is 13.0. The Kier molecular flexibility index (Phi) is 5.67. The summed E-state index contributed by atoms with van der Waals surface area (Å²) in [7, 11) is 0. The fraction of sp³-hybridized carbons (Fsp3) is 0.438. The largest absolute Gasteiger partial charge is 0.480 e. The SMILES string of the molecule is O=C(Cc1cccc(F)c1)NCC(=O)N1CCCC[C@@H]1C(=O)O. The number of rotatable bonds is 5. The number of nitrogens with one attached hydrogen (secondary N) is 1. The van der Waals surface area contributed by atoms with Gasteiger partial charge in [0.25, 0.3) is 0 Å². The number of carbonyl (C=O) groups excluding carboxylic acids is 2. The van der Waals surface area contributed by atoms with Gasteiger partial charge in [0.15, 0.2) is 0 Å². The van der Waals surface area contributed by atoms with Crippen molar-refractivity contribution in [2.24, 2.45) is 0 Å². The van der Waals surface area contributed by atoms with E-state index < -0.39 is 29.6 Å². The highest BCUT2D eigenvalue weighted by Crippen LogP contribution is 2.17. The van der Waals surface area contributed by atoms with Gasteiger partial charge in [0.2, 0.25) is 11.8 Å². The first kappa shape index (κ1) is 16.9. The van der Waals surface area contributed by atoms with Crippen LogP contribution in [0.1, 0.15) is 24.8 Å². The fourth-order valence-electron chi connectivity index (χ4n) is 2.66. The molecule has 0 aromatic heterocycles. The van der Waals surface area contributed by atoms with E-state index in [1.807, 2.05) is 0 Å². The summed E-state index contributed by atoms with van der Waals surface area (Å²) in [6.45, 7) is 0.132. The molecule has 0 bridgehead atoms. The number of carboxylic acids is 1. The van der Waals surface area contributed by atoms with Crippen LogP contribution in [0, 0.1) is 5.82 Å². The van der Waals surface area contributed by atoms with Crippen LogP contribution in [0.25, 0.3) is 0 Å². The molecule has 23 heavy (non-hydrogen) atoms. The maximum Gasteiger partial charge on any atom is 0.326 e. The molecule has 1 aromatic rings. The molecule has 7 heteroatoms. The van der Waals surface area contributed by atoms with Crippen molar-refractivity contribution in [2.45, 2.75) is 31.7 Å². The number of amides is 2. The number of benzene rings is 1. The van der Waals surface area contributed by atoms with Gasteiger partial charge in [-0.25, -0.2) is 9.18 Å². The van der Waals surface area contributed by atoms with Gasteiger partial charge in [-0.1, -0.05) is 12.1 Å². The zero-order valence-corrected chi connectivity index (χ0v) is 12.6. The zero-order valence-electron chi connectivity index (χ0n) is 12.6. The second-order valence-corrected chi connectivity index (χ2v) is 5.52. The highest BCUT2D eigenvalue weighted by molar-refractivity contribution is 5.88. The normalized spacial score (nSPS) is 17.6. The molecule has 124 valence electrons. The van der Waals surface area contributed by atoms with Gasteiger partial charge in [0.1, 0.15) is 11.9 Å². The quantitative estimate of drug-likeness (QED) is 0.845. The Morgan fingerprint density at radius 1 is 1.30 bits per heavy atom. The molecule has 2 N–H and O–H groups in total. The summed E-state index contributed by atoms with van der Waals surface area (Å²) in [5.41, 5.74) is 0.510. The Labute approximate surface area is 133 Å². The molecule has 1 aromatic carbocycles. The number of aliphatic carboxylic acids is 1. The maximum absolute atomic E-state index is 13.0. The molecule has 2 amide bonds. The van der Waals surface area contributed by atoms with Gasteiger partial charge in [-0.05, 0) is 37.0 Å². The van der Waals surface area contributed by atoms with Crippen LogP contribution in [-0.4, -0.2) is 46.9 Å². The van der Waals surface area contributed by atoms with Crippen LogP contribution in [0.4, 0.5) is 4.39 Å². The molecule has 1 aliphatic heterocycles. The minimum Gasteiger partial charge on any atom is -0.480 e. The molecule has 0 radical (unpaired) electrons. The Morgan fingerprint density at radius 2 is 2.09 bits per heavy atom. The van der Waals surface area contributed by atoms with Crippen molar-refractivity contribution in [3.05, 3.63) is 35.6 Å². The van der Waals surface area contributed by atoms with Gasteiger partial charge in [-0.3, -0.25) is 9.59 Å². The van der Waals surface area contributed by atoms with Crippen molar-refractivity contribution >= 4 is 17.8 Å². The second-order valence-electron chi connectivity index (χ2n) is 5.52. The summed E-state index contributed by atoms with van der Waals surface area (Å²) in [6, 6.07) is 4.85. The van der Waals surface area contributed by atoms with Gasteiger partial charge in [-0.2, -0.15) is 0 Å². The van der Waals surface area contributed by atoms with Crippen LogP contribution in [0.2, 0.25) is 0 Å². The van der Waals surface area contributed by atoms with E-state index in [1.165, 1.54) is 23.1 Å². The third kappa shape index (κ3) is 4.77.